The van der Waals surface area contributed by atoms with Gasteiger partial charge < -0.3 is 15.0 Å². The summed E-state index contributed by atoms with van der Waals surface area (Å²) in [6.45, 7) is 0.669. The van der Waals surface area contributed by atoms with Crippen molar-refractivity contribution in [3.63, 3.8) is 0 Å². The van der Waals surface area contributed by atoms with Crippen LogP contribution >= 0.6 is 0 Å². The van der Waals surface area contributed by atoms with Crippen LogP contribution in [0.3, 0.4) is 0 Å². The Balaban J connectivity index is 1.57. The molecule has 0 unspecified atom stereocenters. The average molecular weight is 259 g/mol. The van der Waals surface area contributed by atoms with Gasteiger partial charge in [0.2, 0.25) is 0 Å². The summed E-state index contributed by atoms with van der Waals surface area (Å²) in [4.78, 5) is 18.7. The Kier molecular flexibility index (Phi) is 4.98. The summed E-state index contributed by atoms with van der Waals surface area (Å²) in [6.07, 6.45) is 5.20. The van der Waals surface area contributed by atoms with E-state index >= 15 is 0 Å². The number of carbonyl (C=O) groups is 1. The van der Waals surface area contributed by atoms with Gasteiger partial charge in [0.1, 0.15) is 11.6 Å². The number of amides is 1. The van der Waals surface area contributed by atoms with Gasteiger partial charge in [-0.15, -0.1) is 0 Å². The molecule has 2 rings (SSSR count). The van der Waals surface area contributed by atoms with Crippen molar-refractivity contribution in [2.24, 2.45) is 0 Å². The lowest BCUT2D eigenvalue weighted by Crippen LogP contribution is -2.29. The number of nitrogens with one attached hydrogen (secondary N) is 2. The van der Waals surface area contributed by atoms with Crippen molar-refractivity contribution in [3.8, 4) is 5.75 Å². The van der Waals surface area contributed by atoms with E-state index in [0.717, 1.165) is 18.7 Å². The number of hydrogen-bond donors (Lipinski definition) is 2. The molecule has 19 heavy (non-hydrogen) atoms. The first-order valence-electron chi connectivity index (χ1n) is 6.27. The van der Waals surface area contributed by atoms with E-state index in [9.17, 15) is 4.79 Å². The highest BCUT2D eigenvalue weighted by Crippen LogP contribution is 2.07. The first-order chi connectivity index (χ1) is 9.34. The topological polar surface area (TPSA) is 67.0 Å². The normalized spacial score (nSPS) is 10.1. The fraction of sp³-hybridized carbons (Fsp3) is 0.286. The molecule has 0 aliphatic carbocycles. The van der Waals surface area contributed by atoms with E-state index in [1.165, 1.54) is 0 Å². The molecule has 1 amide bonds. The van der Waals surface area contributed by atoms with Gasteiger partial charge in [-0.2, -0.15) is 0 Å². The standard InChI is InChI=1S/C14H17N3O2/c18-14(11-19-12-5-2-1-3-6-12)17-8-4-7-13-15-9-10-16-13/h1-3,5-6,9-10H,4,7-8,11H2,(H,15,16)(H,17,18). The fourth-order valence-electron chi connectivity index (χ4n) is 1.63. The molecule has 0 radical (unpaired) electrons. The Morgan fingerprint density at radius 2 is 2.16 bits per heavy atom. The summed E-state index contributed by atoms with van der Waals surface area (Å²) >= 11 is 0. The molecule has 0 saturated carbocycles. The van der Waals surface area contributed by atoms with Crippen LogP contribution in [-0.4, -0.2) is 29.0 Å². The highest BCUT2D eigenvalue weighted by atomic mass is 16.5. The van der Waals surface area contributed by atoms with E-state index in [2.05, 4.69) is 15.3 Å². The van der Waals surface area contributed by atoms with Crippen molar-refractivity contribution in [2.75, 3.05) is 13.2 Å². The van der Waals surface area contributed by atoms with Crippen molar-refractivity contribution in [1.82, 2.24) is 15.3 Å². The van der Waals surface area contributed by atoms with Crippen LogP contribution in [0.1, 0.15) is 12.2 Å². The van der Waals surface area contributed by atoms with Crippen LogP contribution in [0.4, 0.5) is 0 Å². The number of para-hydroxylation sites is 1. The van der Waals surface area contributed by atoms with Crippen LogP contribution in [0, 0.1) is 0 Å². The first-order valence-corrected chi connectivity index (χ1v) is 6.27. The molecule has 0 spiro atoms. The maximum atomic E-state index is 11.5. The average Bonchev–Trinajstić information content (AvgIpc) is 2.96. The highest BCUT2D eigenvalue weighted by molar-refractivity contribution is 5.77. The second-order valence-corrected chi connectivity index (χ2v) is 4.09. The van der Waals surface area contributed by atoms with Gasteiger partial charge in [-0.05, 0) is 18.6 Å². The Hall–Kier alpha value is -2.30. The molecule has 2 N–H and O–H groups in total. The van der Waals surface area contributed by atoms with E-state index in [1.54, 1.807) is 12.4 Å². The maximum Gasteiger partial charge on any atom is 0.257 e. The molecule has 1 aromatic heterocycles. The molecule has 0 atom stereocenters. The minimum absolute atomic E-state index is 0.0464. The summed E-state index contributed by atoms with van der Waals surface area (Å²) in [5, 5.41) is 2.81. The molecule has 5 nitrogen and oxygen atoms in total. The fourth-order valence-corrected chi connectivity index (χ4v) is 1.63. The van der Waals surface area contributed by atoms with Gasteiger partial charge in [-0.3, -0.25) is 4.79 Å². The zero-order valence-corrected chi connectivity index (χ0v) is 10.6. The molecule has 1 heterocycles. The lowest BCUT2D eigenvalue weighted by Gasteiger charge is -2.06. The Labute approximate surface area is 112 Å². The van der Waals surface area contributed by atoms with Gasteiger partial charge in [0.15, 0.2) is 6.61 Å². The molecule has 0 aliphatic heterocycles. The zero-order valence-electron chi connectivity index (χ0n) is 10.6. The second kappa shape index (κ2) is 7.20. The van der Waals surface area contributed by atoms with Gasteiger partial charge in [0, 0.05) is 25.4 Å². The Morgan fingerprint density at radius 3 is 2.89 bits per heavy atom. The van der Waals surface area contributed by atoms with Gasteiger partial charge in [-0.1, -0.05) is 18.2 Å². The van der Waals surface area contributed by atoms with Crippen LogP contribution in [-0.2, 0) is 11.2 Å². The van der Waals surface area contributed by atoms with Crippen molar-refractivity contribution in [2.45, 2.75) is 12.8 Å². The summed E-state index contributed by atoms with van der Waals surface area (Å²) in [5.74, 6) is 1.53. The Morgan fingerprint density at radius 1 is 1.32 bits per heavy atom. The SMILES string of the molecule is O=C(COc1ccccc1)NCCCc1ncc[nH]1. The maximum absolute atomic E-state index is 11.5. The Bertz CT molecular complexity index is 483. The zero-order chi connectivity index (χ0) is 13.3. The third kappa shape index (κ3) is 4.83. The number of aromatic nitrogens is 2. The van der Waals surface area contributed by atoms with Crippen molar-refractivity contribution < 1.29 is 9.53 Å². The summed E-state index contributed by atoms with van der Waals surface area (Å²) in [5.41, 5.74) is 0. The minimum atomic E-state index is -0.108. The van der Waals surface area contributed by atoms with E-state index < -0.39 is 0 Å². The highest BCUT2D eigenvalue weighted by Gasteiger charge is 2.02. The van der Waals surface area contributed by atoms with Crippen LogP contribution < -0.4 is 10.1 Å². The molecule has 5 heteroatoms. The molecule has 0 aliphatic rings. The summed E-state index contributed by atoms with van der Waals surface area (Å²) in [7, 11) is 0. The number of ether oxygens (including phenoxy) is 1. The van der Waals surface area contributed by atoms with E-state index in [1.807, 2.05) is 30.3 Å². The lowest BCUT2D eigenvalue weighted by atomic mass is 10.3. The largest absolute Gasteiger partial charge is 0.484 e. The van der Waals surface area contributed by atoms with E-state index in [-0.39, 0.29) is 12.5 Å². The van der Waals surface area contributed by atoms with Crippen LogP contribution in [0.25, 0.3) is 0 Å². The van der Waals surface area contributed by atoms with Gasteiger partial charge in [-0.25, -0.2) is 4.98 Å². The number of H-pyrrole nitrogens is 1. The number of imidazole rings is 1. The third-order valence-electron chi connectivity index (χ3n) is 2.58. The molecule has 0 saturated heterocycles. The number of carbonyl (C=O) groups excluding carboxylic acids is 1. The van der Waals surface area contributed by atoms with Crippen LogP contribution in [0.15, 0.2) is 42.7 Å². The van der Waals surface area contributed by atoms with Gasteiger partial charge >= 0.3 is 0 Å². The van der Waals surface area contributed by atoms with E-state index in [0.29, 0.717) is 12.3 Å². The smallest absolute Gasteiger partial charge is 0.257 e. The number of hydrogen-bond acceptors (Lipinski definition) is 3. The van der Waals surface area contributed by atoms with Crippen molar-refractivity contribution in [3.05, 3.63) is 48.5 Å². The molecule has 0 fully saturated rings. The summed E-state index contributed by atoms with van der Waals surface area (Å²) < 4.78 is 5.34. The molecule has 100 valence electrons. The van der Waals surface area contributed by atoms with Crippen molar-refractivity contribution in [1.29, 1.82) is 0 Å². The van der Waals surface area contributed by atoms with Crippen LogP contribution in [0.2, 0.25) is 0 Å². The first kappa shape index (κ1) is 13.1. The van der Waals surface area contributed by atoms with Crippen molar-refractivity contribution >= 4 is 5.91 Å². The number of aromatic amines is 1. The molecule has 2 aromatic rings. The minimum Gasteiger partial charge on any atom is -0.484 e. The summed E-state index contributed by atoms with van der Waals surface area (Å²) in [6, 6.07) is 9.29. The predicted molar refractivity (Wildman–Crippen MR) is 71.9 cm³/mol. The molecule has 1 aromatic carbocycles. The monoisotopic (exact) mass is 259 g/mol. The number of aryl methyl sites for hydroxylation is 1. The molecular weight excluding hydrogens is 242 g/mol. The van der Waals surface area contributed by atoms with Gasteiger partial charge in [0.05, 0.1) is 0 Å². The number of nitrogens with zero attached hydrogens (tertiary/aromatic N) is 1. The number of benzene rings is 1. The lowest BCUT2D eigenvalue weighted by molar-refractivity contribution is -0.123. The van der Waals surface area contributed by atoms with Gasteiger partial charge in [0.25, 0.3) is 5.91 Å². The molecular formula is C14H17N3O2. The second-order valence-electron chi connectivity index (χ2n) is 4.09. The third-order valence-corrected chi connectivity index (χ3v) is 2.58. The number of rotatable bonds is 7. The molecule has 0 bridgehead atoms. The predicted octanol–water partition coefficient (Wildman–Crippen LogP) is 1.54. The van der Waals surface area contributed by atoms with E-state index in [4.69, 9.17) is 4.74 Å². The van der Waals surface area contributed by atoms with Crippen LogP contribution in [0.5, 0.6) is 5.75 Å². The quantitative estimate of drug-likeness (QED) is 0.741.